The molecule has 0 amide bonds. The Morgan fingerprint density at radius 2 is 1.49 bits per heavy atom. The van der Waals surface area contributed by atoms with Crippen molar-refractivity contribution in [1.29, 1.82) is 0 Å². The largest absolute Gasteiger partial charge is 0.414 e. The van der Waals surface area contributed by atoms with Gasteiger partial charge in [-0.25, -0.2) is 0 Å². The van der Waals surface area contributed by atoms with E-state index in [1.54, 1.807) is 11.1 Å². The fraction of sp³-hybridized carbons (Fsp3) is 0.882. The molecule has 0 heterocycles. The quantitative estimate of drug-likeness (QED) is 0.213. The highest BCUT2D eigenvalue weighted by molar-refractivity contribution is 9.09. The highest BCUT2D eigenvalue weighted by Crippen LogP contribution is 2.66. The second-order valence-corrected chi connectivity index (χ2v) is 27.6. The average Bonchev–Trinajstić information content (AvgIpc) is 3.14. The molecule has 4 aliphatic carbocycles. The van der Waals surface area contributed by atoms with Gasteiger partial charge in [0.2, 0.25) is 0 Å². The molecule has 5 heteroatoms. The first-order valence-electron chi connectivity index (χ1n) is 16.0. The Morgan fingerprint density at radius 1 is 0.897 bits per heavy atom. The van der Waals surface area contributed by atoms with Crippen molar-refractivity contribution < 1.29 is 8.85 Å². The molecule has 3 fully saturated rings. The van der Waals surface area contributed by atoms with Crippen LogP contribution < -0.4 is 0 Å². The van der Waals surface area contributed by atoms with Crippen LogP contribution in [0.25, 0.3) is 0 Å². The fourth-order valence-corrected chi connectivity index (χ4v) is 11.7. The molecular weight excluding hydrogens is 576 g/mol. The van der Waals surface area contributed by atoms with Gasteiger partial charge in [-0.05, 0) is 104 Å². The van der Waals surface area contributed by atoms with Crippen molar-refractivity contribution in [3.05, 3.63) is 23.3 Å². The van der Waals surface area contributed by atoms with Gasteiger partial charge in [0.15, 0.2) is 16.6 Å². The van der Waals surface area contributed by atoms with Crippen LogP contribution in [0.5, 0.6) is 0 Å². The van der Waals surface area contributed by atoms with E-state index >= 15 is 0 Å². The minimum atomic E-state index is -1.97. The average molecular weight is 638 g/mol. The molecule has 0 radical (unpaired) electrons. The highest BCUT2D eigenvalue weighted by Gasteiger charge is 2.60. The molecule has 0 aromatic rings. The molecule has 2 nitrogen and oxygen atoms in total. The summed E-state index contributed by atoms with van der Waals surface area (Å²) in [5, 5.41) is 1.54. The first-order valence-corrected chi connectivity index (χ1v) is 23.0. The van der Waals surface area contributed by atoms with Gasteiger partial charge in [0.05, 0.1) is 12.2 Å². The standard InChI is InChI=1S/C34H61BrO2Si2/c1-23(22-35)27-16-17-28-26-15-14-24-20-25(36-38(10,11)31(2,3)4)21-30(37-39(12,13)32(5,6)7)34(24,9)29(26)18-19-33(27,28)8/h14-15,23,25,27-30H,16-22H2,1-13H3/t23?,25-,27-,28+,29+,30+,33-,34+/m1/s1. The summed E-state index contributed by atoms with van der Waals surface area (Å²) in [6.07, 6.45) is 13.2. The van der Waals surface area contributed by atoms with Gasteiger partial charge in [-0.3, -0.25) is 0 Å². The SMILES string of the molecule is CC(CBr)[C@H]1CC[C@H]2C3=CC=C4C[C@@H](O[Si](C)(C)C(C)(C)C)C[C@H](O[Si](C)(C)C(C)(C)C)[C@]4(C)[C@H]3CC[C@]12C. The van der Waals surface area contributed by atoms with Crippen LogP contribution in [0, 0.1) is 34.5 Å². The summed E-state index contributed by atoms with van der Waals surface area (Å²) in [7, 11) is -3.84. The molecule has 0 aromatic carbocycles. The number of hydrogen-bond donors (Lipinski definition) is 0. The van der Waals surface area contributed by atoms with Gasteiger partial charge in [-0.2, -0.15) is 0 Å². The Hall–Kier alpha value is 0.314. The molecule has 4 rings (SSSR count). The zero-order valence-corrected chi connectivity index (χ0v) is 31.3. The second-order valence-electron chi connectivity index (χ2n) is 17.4. The number of rotatable bonds is 6. The van der Waals surface area contributed by atoms with Crippen LogP contribution in [-0.2, 0) is 8.85 Å². The number of alkyl halides is 1. The van der Waals surface area contributed by atoms with Gasteiger partial charge in [0, 0.05) is 10.7 Å². The zero-order chi connectivity index (χ0) is 29.4. The summed E-state index contributed by atoms with van der Waals surface area (Å²) >= 11 is 3.83. The van der Waals surface area contributed by atoms with Crippen LogP contribution in [-0.4, -0.2) is 34.2 Å². The summed E-state index contributed by atoms with van der Waals surface area (Å²) in [6, 6.07) is 0. The van der Waals surface area contributed by atoms with Crippen LogP contribution >= 0.6 is 15.9 Å². The molecule has 8 atom stereocenters. The van der Waals surface area contributed by atoms with Crippen molar-refractivity contribution in [2.45, 2.75) is 149 Å². The third kappa shape index (κ3) is 5.45. The first-order chi connectivity index (χ1) is 17.7. The third-order valence-corrected chi connectivity index (χ3v) is 23.2. The predicted octanol–water partition coefficient (Wildman–Crippen LogP) is 10.9. The van der Waals surface area contributed by atoms with E-state index in [4.69, 9.17) is 8.85 Å². The molecule has 0 aromatic heterocycles. The van der Waals surface area contributed by atoms with Crippen molar-refractivity contribution in [1.82, 2.24) is 0 Å². The highest BCUT2D eigenvalue weighted by atomic mass is 79.9. The van der Waals surface area contributed by atoms with Crippen molar-refractivity contribution in [3.8, 4) is 0 Å². The molecule has 0 saturated heterocycles. The molecule has 224 valence electrons. The number of fused-ring (bicyclic) bond motifs is 5. The van der Waals surface area contributed by atoms with Crippen molar-refractivity contribution in [2.24, 2.45) is 34.5 Å². The maximum Gasteiger partial charge on any atom is 0.192 e. The minimum Gasteiger partial charge on any atom is -0.414 e. The van der Waals surface area contributed by atoms with E-state index in [9.17, 15) is 0 Å². The van der Waals surface area contributed by atoms with Crippen molar-refractivity contribution >= 4 is 32.6 Å². The number of halogens is 1. The Labute approximate surface area is 252 Å². The molecule has 0 N–H and O–H groups in total. The third-order valence-electron chi connectivity index (χ3n) is 13.1. The molecule has 1 unspecified atom stereocenters. The van der Waals surface area contributed by atoms with Crippen LogP contribution in [0.15, 0.2) is 23.3 Å². The number of allylic oxidation sites excluding steroid dienone is 3. The molecular formula is C34H61BrO2Si2. The van der Waals surface area contributed by atoms with E-state index in [0.29, 0.717) is 11.3 Å². The van der Waals surface area contributed by atoms with Gasteiger partial charge >= 0.3 is 0 Å². The monoisotopic (exact) mass is 636 g/mol. The Bertz CT molecular complexity index is 986. The maximum atomic E-state index is 7.51. The van der Waals surface area contributed by atoms with Crippen molar-refractivity contribution in [3.63, 3.8) is 0 Å². The van der Waals surface area contributed by atoms with Gasteiger partial charge in [0.25, 0.3) is 0 Å². The molecule has 39 heavy (non-hydrogen) atoms. The lowest BCUT2D eigenvalue weighted by molar-refractivity contribution is -0.0444. The lowest BCUT2D eigenvalue weighted by Gasteiger charge is -2.59. The summed E-state index contributed by atoms with van der Waals surface area (Å²) in [5.74, 6) is 2.92. The molecule has 0 bridgehead atoms. The van der Waals surface area contributed by atoms with E-state index in [1.807, 2.05) is 0 Å². The van der Waals surface area contributed by atoms with E-state index in [2.05, 4.69) is 117 Å². The van der Waals surface area contributed by atoms with E-state index in [0.717, 1.165) is 35.9 Å². The lowest BCUT2D eigenvalue weighted by atomic mass is 9.49. The van der Waals surface area contributed by atoms with Crippen molar-refractivity contribution in [2.75, 3.05) is 5.33 Å². The summed E-state index contributed by atoms with van der Waals surface area (Å²) in [6.45, 7) is 31.8. The van der Waals surface area contributed by atoms with Gasteiger partial charge in [-0.15, -0.1) is 0 Å². The predicted molar refractivity (Wildman–Crippen MR) is 178 cm³/mol. The van der Waals surface area contributed by atoms with Gasteiger partial charge < -0.3 is 8.85 Å². The van der Waals surface area contributed by atoms with Crippen LogP contribution in [0.3, 0.4) is 0 Å². The van der Waals surface area contributed by atoms with Crippen LogP contribution in [0.4, 0.5) is 0 Å². The van der Waals surface area contributed by atoms with E-state index in [-0.39, 0.29) is 27.7 Å². The molecule has 0 spiro atoms. The van der Waals surface area contributed by atoms with Gasteiger partial charge in [-0.1, -0.05) is 102 Å². The minimum absolute atomic E-state index is 0.0767. The Balaban J connectivity index is 1.73. The Morgan fingerprint density at radius 3 is 2.05 bits per heavy atom. The summed E-state index contributed by atoms with van der Waals surface area (Å²) in [5.41, 5.74) is 3.90. The van der Waals surface area contributed by atoms with E-state index in [1.165, 1.54) is 25.7 Å². The summed E-state index contributed by atoms with van der Waals surface area (Å²) in [4.78, 5) is 0. The molecule has 3 saturated carbocycles. The second kappa shape index (κ2) is 10.5. The molecule has 0 aliphatic heterocycles. The van der Waals surface area contributed by atoms with Gasteiger partial charge in [0.1, 0.15) is 0 Å². The number of hydrogen-bond acceptors (Lipinski definition) is 2. The Kier molecular flexibility index (Phi) is 8.67. The fourth-order valence-electron chi connectivity index (χ4n) is 8.47. The van der Waals surface area contributed by atoms with Crippen LogP contribution in [0.2, 0.25) is 36.3 Å². The zero-order valence-electron chi connectivity index (χ0n) is 27.8. The van der Waals surface area contributed by atoms with Crippen LogP contribution in [0.1, 0.15) is 101 Å². The van der Waals surface area contributed by atoms with E-state index < -0.39 is 16.6 Å². The molecule has 4 aliphatic rings. The summed E-state index contributed by atoms with van der Waals surface area (Å²) < 4.78 is 14.7. The first kappa shape index (κ1) is 32.2. The smallest absolute Gasteiger partial charge is 0.192 e. The maximum absolute atomic E-state index is 7.51. The lowest BCUT2D eigenvalue weighted by Crippen LogP contribution is -2.58. The topological polar surface area (TPSA) is 18.5 Å². The normalized spacial score (nSPS) is 38.4.